The van der Waals surface area contributed by atoms with Crippen LogP contribution in [0.1, 0.15) is 18.9 Å². The average Bonchev–Trinajstić information content (AvgIpc) is 3.07. The summed E-state index contributed by atoms with van der Waals surface area (Å²) in [5, 5.41) is 69.3. The van der Waals surface area contributed by atoms with E-state index in [0.29, 0.717) is 12.8 Å². The average molecular weight is 460 g/mol. The van der Waals surface area contributed by atoms with Crippen LogP contribution < -0.4 is 0 Å². The molecule has 1 aromatic rings. The summed E-state index contributed by atoms with van der Waals surface area (Å²) in [5.41, 5.74) is -0.867. The second-order valence-electron chi connectivity index (χ2n) is 8.39. The van der Waals surface area contributed by atoms with E-state index >= 15 is 0 Å². The minimum atomic E-state index is -1.86. The summed E-state index contributed by atoms with van der Waals surface area (Å²) in [6.07, 6.45) is -8.83. The fourth-order valence-electron chi connectivity index (χ4n) is 3.62. The third kappa shape index (κ3) is 5.75. The molecule has 11 heteroatoms. The highest BCUT2D eigenvalue weighted by Crippen LogP contribution is 2.28. The van der Waals surface area contributed by atoms with Gasteiger partial charge < -0.3 is 54.7 Å². The van der Waals surface area contributed by atoms with Crippen molar-refractivity contribution in [3.63, 3.8) is 0 Å². The van der Waals surface area contributed by atoms with Crippen LogP contribution >= 0.6 is 0 Å². The molecule has 2 aliphatic heterocycles. The number of aliphatic hydroxyl groups excluding tert-OH is 5. The Kier molecular flexibility index (Phi) is 8.44. The number of ether oxygens (including phenoxy) is 4. The molecular formula is C21H32O11. The van der Waals surface area contributed by atoms with Gasteiger partial charge in [0.15, 0.2) is 12.6 Å². The molecule has 0 bridgehead atoms. The maximum Gasteiger partial charge on any atom is 0.186 e. The van der Waals surface area contributed by atoms with Gasteiger partial charge in [0.2, 0.25) is 0 Å². The smallest absolute Gasteiger partial charge is 0.186 e. The van der Waals surface area contributed by atoms with Gasteiger partial charge in [0.25, 0.3) is 0 Å². The Labute approximate surface area is 185 Å². The Balaban J connectivity index is 1.52. The Bertz CT molecular complexity index is 716. The molecule has 2 aliphatic rings. The summed E-state index contributed by atoms with van der Waals surface area (Å²) in [6.45, 7) is 0.377. The highest BCUT2D eigenvalue weighted by Gasteiger charge is 2.50. The molecular weight excluding hydrogens is 428 g/mol. The molecule has 7 N–H and O–H groups in total. The molecule has 2 saturated heterocycles. The predicted octanol–water partition coefficient (Wildman–Crippen LogP) is -2.01. The van der Waals surface area contributed by atoms with Crippen LogP contribution in [0.4, 0.5) is 0 Å². The fraction of sp³-hybridized carbons (Fsp3) is 0.714. The lowest BCUT2D eigenvalue weighted by Crippen LogP contribution is -2.60. The third-order valence-corrected chi connectivity index (χ3v) is 5.82. The molecule has 0 radical (unpaired) electrons. The molecule has 3 rings (SSSR count). The molecule has 2 fully saturated rings. The van der Waals surface area contributed by atoms with Crippen LogP contribution in [0.25, 0.3) is 0 Å². The van der Waals surface area contributed by atoms with Gasteiger partial charge in [-0.15, -0.1) is 0 Å². The maximum absolute atomic E-state index is 10.3. The van der Waals surface area contributed by atoms with Crippen LogP contribution in [0.3, 0.4) is 0 Å². The van der Waals surface area contributed by atoms with Crippen LogP contribution in [0.2, 0.25) is 0 Å². The van der Waals surface area contributed by atoms with Crippen molar-refractivity contribution in [2.45, 2.75) is 74.6 Å². The van der Waals surface area contributed by atoms with Gasteiger partial charge in [-0.3, -0.25) is 0 Å². The number of benzene rings is 1. The summed E-state index contributed by atoms with van der Waals surface area (Å²) < 4.78 is 21.9. The SMILES string of the molecule is CC(CCc1ccc(O)cc1)O[C@@H]1O[C@H](CO[C@H]2OC[C@](O)(CO)[C@H]2O)[C@@H](O)[C@H](O)[C@H]1O. The number of phenols is 1. The lowest BCUT2D eigenvalue weighted by Gasteiger charge is -2.41. The van der Waals surface area contributed by atoms with Gasteiger partial charge in [0.1, 0.15) is 41.9 Å². The highest BCUT2D eigenvalue weighted by atomic mass is 16.7. The number of aryl methyl sites for hydroxylation is 1. The van der Waals surface area contributed by atoms with E-state index in [2.05, 4.69) is 0 Å². The normalized spacial score (nSPS) is 38.7. The largest absolute Gasteiger partial charge is 0.508 e. The van der Waals surface area contributed by atoms with Gasteiger partial charge >= 0.3 is 0 Å². The fourth-order valence-corrected chi connectivity index (χ4v) is 3.62. The standard InChI is InChI=1S/C21H32O11/c1-11(2-3-12-4-6-13(23)7-5-12)31-19-17(26)16(25)15(24)14(32-19)8-29-20-18(27)21(28,9-22)10-30-20/h4-7,11,14-20,22-28H,2-3,8-10H2,1H3/t11?,14-,15-,16+,17-,18+,19-,20+,21-/m1/s1. The van der Waals surface area contributed by atoms with E-state index in [0.717, 1.165) is 5.56 Å². The number of hydrogen-bond acceptors (Lipinski definition) is 11. The van der Waals surface area contributed by atoms with Gasteiger partial charge in [-0.1, -0.05) is 12.1 Å². The van der Waals surface area contributed by atoms with Crippen LogP contribution in [0.15, 0.2) is 24.3 Å². The monoisotopic (exact) mass is 460 g/mol. The molecule has 0 amide bonds. The molecule has 32 heavy (non-hydrogen) atoms. The molecule has 2 heterocycles. The van der Waals surface area contributed by atoms with Crippen molar-refractivity contribution >= 4 is 0 Å². The van der Waals surface area contributed by atoms with E-state index in [-0.39, 0.29) is 25.1 Å². The lowest BCUT2D eigenvalue weighted by molar-refractivity contribution is -0.317. The quantitative estimate of drug-likeness (QED) is 0.217. The molecule has 1 unspecified atom stereocenters. The van der Waals surface area contributed by atoms with Crippen molar-refractivity contribution in [2.24, 2.45) is 0 Å². The highest BCUT2D eigenvalue weighted by molar-refractivity contribution is 5.25. The van der Waals surface area contributed by atoms with Crippen molar-refractivity contribution in [1.29, 1.82) is 0 Å². The van der Waals surface area contributed by atoms with Crippen molar-refractivity contribution < 1.29 is 54.7 Å². The van der Waals surface area contributed by atoms with Crippen LogP contribution in [-0.4, -0.2) is 110 Å². The van der Waals surface area contributed by atoms with Gasteiger partial charge in [0.05, 0.1) is 25.9 Å². The Morgan fingerprint density at radius 1 is 1.06 bits per heavy atom. The van der Waals surface area contributed by atoms with Gasteiger partial charge in [-0.2, -0.15) is 0 Å². The molecule has 9 atom stereocenters. The molecule has 11 nitrogen and oxygen atoms in total. The minimum absolute atomic E-state index is 0.175. The molecule has 0 aromatic heterocycles. The van der Waals surface area contributed by atoms with E-state index < -0.39 is 55.3 Å². The van der Waals surface area contributed by atoms with Crippen LogP contribution in [0, 0.1) is 0 Å². The van der Waals surface area contributed by atoms with E-state index in [4.69, 9.17) is 18.9 Å². The Hall–Kier alpha value is -1.38. The van der Waals surface area contributed by atoms with Crippen LogP contribution in [0.5, 0.6) is 5.75 Å². The molecule has 182 valence electrons. The van der Waals surface area contributed by atoms with Crippen molar-refractivity contribution in [2.75, 3.05) is 19.8 Å². The lowest BCUT2D eigenvalue weighted by atomic mass is 9.99. The maximum atomic E-state index is 10.3. The second-order valence-corrected chi connectivity index (χ2v) is 8.39. The third-order valence-electron chi connectivity index (χ3n) is 5.82. The number of hydrogen-bond donors (Lipinski definition) is 7. The number of rotatable bonds is 9. The van der Waals surface area contributed by atoms with Gasteiger partial charge in [0, 0.05) is 0 Å². The van der Waals surface area contributed by atoms with E-state index in [1.54, 1.807) is 31.2 Å². The molecule has 1 aromatic carbocycles. The number of aliphatic hydroxyl groups is 6. The van der Waals surface area contributed by atoms with E-state index in [9.17, 15) is 35.7 Å². The first-order chi connectivity index (χ1) is 15.1. The summed E-state index contributed by atoms with van der Waals surface area (Å²) in [6, 6.07) is 6.75. The first-order valence-corrected chi connectivity index (χ1v) is 10.5. The number of phenolic OH excluding ortho intramolecular Hbond substituents is 1. The first kappa shape index (κ1) is 25.2. The Morgan fingerprint density at radius 3 is 2.38 bits per heavy atom. The molecule has 0 spiro atoms. The number of aromatic hydroxyl groups is 1. The summed E-state index contributed by atoms with van der Waals surface area (Å²) in [5.74, 6) is 0.175. The van der Waals surface area contributed by atoms with Gasteiger partial charge in [-0.25, -0.2) is 0 Å². The van der Waals surface area contributed by atoms with Crippen LogP contribution in [-0.2, 0) is 25.4 Å². The van der Waals surface area contributed by atoms with Crippen molar-refractivity contribution in [1.82, 2.24) is 0 Å². The summed E-state index contributed by atoms with van der Waals surface area (Å²) in [4.78, 5) is 0. The van der Waals surface area contributed by atoms with E-state index in [1.165, 1.54) is 0 Å². The molecule has 0 aliphatic carbocycles. The molecule has 0 saturated carbocycles. The zero-order valence-electron chi connectivity index (χ0n) is 17.7. The second kappa shape index (κ2) is 10.7. The predicted molar refractivity (Wildman–Crippen MR) is 107 cm³/mol. The van der Waals surface area contributed by atoms with E-state index in [1.807, 2.05) is 0 Å². The topological polar surface area (TPSA) is 179 Å². The Morgan fingerprint density at radius 2 is 1.75 bits per heavy atom. The van der Waals surface area contributed by atoms with Crippen molar-refractivity contribution in [3.05, 3.63) is 29.8 Å². The minimum Gasteiger partial charge on any atom is -0.508 e. The summed E-state index contributed by atoms with van der Waals surface area (Å²) >= 11 is 0. The zero-order chi connectivity index (χ0) is 23.5. The summed E-state index contributed by atoms with van der Waals surface area (Å²) in [7, 11) is 0. The first-order valence-electron chi connectivity index (χ1n) is 10.5. The van der Waals surface area contributed by atoms with Gasteiger partial charge in [-0.05, 0) is 37.5 Å². The van der Waals surface area contributed by atoms with Crippen molar-refractivity contribution in [3.8, 4) is 5.75 Å². The zero-order valence-corrected chi connectivity index (χ0v) is 17.7.